The first-order valence-corrected chi connectivity index (χ1v) is 6.50. The summed E-state index contributed by atoms with van der Waals surface area (Å²) in [6.07, 6.45) is 1.81. The van der Waals surface area contributed by atoms with E-state index in [1.807, 2.05) is 24.6 Å². The van der Waals surface area contributed by atoms with E-state index in [-0.39, 0.29) is 0 Å². The van der Waals surface area contributed by atoms with Crippen molar-refractivity contribution in [3.8, 4) is 0 Å². The molecule has 0 fully saturated rings. The van der Waals surface area contributed by atoms with Gasteiger partial charge in [0.1, 0.15) is 5.82 Å². The van der Waals surface area contributed by atoms with Gasteiger partial charge < -0.3 is 10.6 Å². The summed E-state index contributed by atoms with van der Waals surface area (Å²) in [4.78, 5) is 9.73. The lowest BCUT2D eigenvalue weighted by molar-refractivity contribution is 1.11. The summed E-state index contributed by atoms with van der Waals surface area (Å²) in [6.45, 7) is 5.78. The van der Waals surface area contributed by atoms with Crippen LogP contribution < -0.4 is 10.6 Å². The first-order chi connectivity index (χ1) is 8.29. The van der Waals surface area contributed by atoms with Crippen LogP contribution >= 0.6 is 11.3 Å². The van der Waals surface area contributed by atoms with Crippen molar-refractivity contribution >= 4 is 22.8 Å². The Morgan fingerprint density at radius 1 is 1.29 bits per heavy atom. The van der Waals surface area contributed by atoms with Gasteiger partial charge in [0, 0.05) is 29.4 Å². The number of nitrogens with zero attached hydrogens (tertiary/aromatic N) is 2. The second-order valence-electron chi connectivity index (χ2n) is 3.67. The summed E-state index contributed by atoms with van der Waals surface area (Å²) in [7, 11) is 0. The molecule has 2 rings (SSSR count). The number of thiazole rings is 1. The Morgan fingerprint density at radius 3 is 2.88 bits per heavy atom. The van der Waals surface area contributed by atoms with Crippen LogP contribution in [-0.4, -0.2) is 16.5 Å². The van der Waals surface area contributed by atoms with Gasteiger partial charge >= 0.3 is 0 Å². The fourth-order valence-electron chi connectivity index (χ4n) is 1.50. The number of hydrogen-bond donors (Lipinski definition) is 2. The van der Waals surface area contributed by atoms with E-state index in [0.717, 1.165) is 30.3 Å². The molecule has 0 aromatic carbocycles. The van der Waals surface area contributed by atoms with Crippen LogP contribution in [0.3, 0.4) is 0 Å². The minimum Gasteiger partial charge on any atom is -0.380 e. The lowest BCUT2D eigenvalue weighted by Gasteiger charge is -2.07. The van der Waals surface area contributed by atoms with Crippen LogP contribution in [0, 0.1) is 6.92 Å². The quantitative estimate of drug-likeness (QED) is 0.854. The summed E-state index contributed by atoms with van der Waals surface area (Å²) >= 11 is 1.68. The molecule has 2 aromatic heterocycles. The molecule has 0 spiro atoms. The zero-order valence-electron chi connectivity index (χ0n) is 10.0. The molecule has 4 nitrogen and oxygen atoms in total. The minimum atomic E-state index is 0.812. The topological polar surface area (TPSA) is 49.8 Å². The number of nitrogens with one attached hydrogen (secondary N) is 2. The van der Waals surface area contributed by atoms with E-state index in [1.54, 1.807) is 17.5 Å². The second-order valence-corrected chi connectivity index (χ2v) is 4.61. The Kier molecular flexibility index (Phi) is 3.93. The van der Waals surface area contributed by atoms with Gasteiger partial charge in [0.2, 0.25) is 0 Å². The number of aromatic nitrogens is 2. The normalized spacial score (nSPS) is 10.2. The Hall–Kier alpha value is -1.62. The summed E-state index contributed by atoms with van der Waals surface area (Å²) in [5.41, 5.74) is 4.05. The van der Waals surface area contributed by atoms with Crippen molar-refractivity contribution in [3.63, 3.8) is 0 Å². The molecule has 2 N–H and O–H groups in total. The van der Waals surface area contributed by atoms with E-state index < -0.39 is 0 Å². The average Bonchev–Trinajstić information content (AvgIpc) is 2.73. The molecule has 0 aliphatic rings. The van der Waals surface area contributed by atoms with Crippen molar-refractivity contribution in [2.24, 2.45) is 0 Å². The van der Waals surface area contributed by atoms with E-state index in [1.165, 1.54) is 4.88 Å². The molecule has 0 aliphatic heterocycles. The highest BCUT2D eigenvalue weighted by Gasteiger charge is 2.01. The van der Waals surface area contributed by atoms with Gasteiger partial charge in [0.05, 0.1) is 17.7 Å². The number of anilines is 2. The van der Waals surface area contributed by atoms with Gasteiger partial charge in [-0.05, 0) is 19.9 Å². The van der Waals surface area contributed by atoms with Crippen LogP contribution in [0.2, 0.25) is 0 Å². The Labute approximate surface area is 105 Å². The Balaban J connectivity index is 1.99. The molecule has 90 valence electrons. The molecule has 5 heteroatoms. The summed E-state index contributed by atoms with van der Waals surface area (Å²) in [5.74, 6) is 0.901. The molecule has 17 heavy (non-hydrogen) atoms. The Morgan fingerprint density at radius 2 is 2.18 bits per heavy atom. The van der Waals surface area contributed by atoms with Gasteiger partial charge in [-0.15, -0.1) is 11.3 Å². The smallest absolute Gasteiger partial charge is 0.127 e. The number of hydrogen-bond acceptors (Lipinski definition) is 5. The van der Waals surface area contributed by atoms with Crippen molar-refractivity contribution in [3.05, 3.63) is 34.4 Å². The number of pyridine rings is 1. The minimum absolute atomic E-state index is 0.812. The van der Waals surface area contributed by atoms with Crippen LogP contribution in [0.1, 0.15) is 17.5 Å². The molecule has 0 atom stereocenters. The SMILES string of the molecule is CCNc1cc(NCc2scnc2C)ccn1. The third kappa shape index (κ3) is 3.17. The molecule has 0 radical (unpaired) electrons. The summed E-state index contributed by atoms with van der Waals surface area (Å²) in [6, 6.07) is 3.98. The maximum absolute atomic E-state index is 4.23. The summed E-state index contributed by atoms with van der Waals surface area (Å²) < 4.78 is 0. The Bertz CT molecular complexity index is 481. The standard InChI is InChI=1S/C12H16N4S/c1-3-13-12-6-10(4-5-14-12)15-7-11-9(2)16-8-17-11/h4-6,8H,3,7H2,1-2H3,(H2,13,14,15). The zero-order valence-corrected chi connectivity index (χ0v) is 10.8. The predicted octanol–water partition coefficient (Wildman–Crippen LogP) is 2.89. The van der Waals surface area contributed by atoms with E-state index in [9.17, 15) is 0 Å². The van der Waals surface area contributed by atoms with Crippen molar-refractivity contribution < 1.29 is 0 Å². The van der Waals surface area contributed by atoms with Crippen LogP contribution in [-0.2, 0) is 6.54 Å². The van der Waals surface area contributed by atoms with Crippen molar-refractivity contribution in [2.45, 2.75) is 20.4 Å². The average molecular weight is 248 g/mol. The van der Waals surface area contributed by atoms with E-state index in [4.69, 9.17) is 0 Å². The maximum Gasteiger partial charge on any atom is 0.127 e. The van der Waals surface area contributed by atoms with Crippen LogP contribution in [0.25, 0.3) is 0 Å². The third-order valence-corrected chi connectivity index (χ3v) is 3.35. The molecular weight excluding hydrogens is 232 g/mol. The predicted molar refractivity (Wildman–Crippen MR) is 72.6 cm³/mol. The highest BCUT2D eigenvalue weighted by atomic mass is 32.1. The number of aryl methyl sites for hydroxylation is 1. The maximum atomic E-state index is 4.23. The van der Waals surface area contributed by atoms with E-state index in [2.05, 4.69) is 27.5 Å². The number of rotatable bonds is 5. The summed E-state index contributed by atoms with van der Waals surface area (Å²) in [5, 5.41) is 6.57. The molecule has 0 saturated heterocycles. The van der Waals surface area contributed by atoms with E-state index in [0.29, 0.717) is 0 Å². The van der Waals surface area contributed by atoms with Gasteiger partial charge in [-0.3, -0.25) is 0 Å². The fraction of sp³-hybridized carbons (Fsp3) is 0.333. The van der Waals surface area contributed by atoms with Crippen molar-refractivity contribution in [2.75, 3.05) is 17.2 Å². The molecular formula is C12H16N4S. The molecule has 0 unspecified atom stereocenters. The zero-order chi connectivity index (χ0) is 12.1. The van der Waals surface area contributed by atoms with Crippen molar-refractivity contribution in [1.29, 1.82) is 0 Å². The lowest BCUT2D eigenvalue weighted by Crippen LogP contribution is -2.02. The van der Waals surface area contributed by atoms with Gasteiger partial charge in [0.25, 0.3) is 0 Å². The molecule has 0 bridgehead atoms. The lowest BCUT2D eigenvalue weighted by atomic mass is 10.3. The largest absolute Gasteiger partial charge is 0.380 e. The molecule has 0 aliphatic carbocycles. The molecule has 0 amide bonds. The van der Waals surface area contributed by atoms with Gasteiger partial charge in [-0.25, -0.2) is 9.97 Å². The highest BCUT2D eigenvalue weighted by molar-refractivity contribution is 7.09. The van der Waals surface area contributed by atoms with Gasteiger partial charge in [0.15, 0.2) is 0 Å². The van der Waals surface area contributed by atoms with Crippen molar-refractivity contribution in [1.82, 2.24) is 9.97 Å². The van der Waals surface area contributed by atoms with Gasteiger partial charge in [-0.2, -0.15) is 0 Å². The molecule has 0 saturated carbocycles. The van der Waals surface area contributed by atoms with Gasteiger partial charge in [-0.1, -0.05) is 0 Å². The van der Waals surface area contributed by atoms with Crippen LogP contribution in [0.5, 0.6) is 0 Å². The second kappa shape index (κ2) is 5.63. The van der Waals surface area contributed by atoms with Crippen LogP contribution in [0.15, 0.2) is 23.8 Å². The van der Waals surface area contributed by atoms with Crippen LogP contribution in [0.4, 0.5) is 11.5 Å². The van der Waals surface area contributed by atoms with E-state index >= 15 is 0 Å². The highest BCUT2D eigenvalue weighted by Crippen LogP contribution is 2.16. The third-order valence-electron chi connectivity index (χ3n) is 2.42. The first-order valence-electron chi connectivity index (χ1n) is 5.62. The first kappa shape index (κ1) is 11.9. The fourth-order valence-corrected chi connectivity index (χ4v) is 2.21. The monoisotopic (exact) mass is 248 g/mol. The molecule has 2 heterocycles. The molecule has 2 aromatic rings.